The third kappa shape index (κ3) is 3.35. The summed E-state index contributed by atoms with van der Waals surface area (Å²) in [4.78, 5) is 12.4. The first-order valence-corrected chi connectivity index (χ1v) is 8.59. The highest BCUT2D eigenvalue weighted by Crippen LogP contribution is 2.20. The molecule has 1 N–H and O–H groups in total. The van der Waals surface area contributed by atoms with Crippen LogP contribution in [0.3, 0.4) is 0 Å². The van der Waals surface area contributed by atoms with Gasteiger partial charge >= 0.3 is 0 Å². The van der Waals surface area contributed by atoms with Crippen LogP contribution < -0.4 is 0 Å². The summed E-state index contributed by atoms with van der Waals surface area (Å²) in [6, 6.07) is 27.7. The van der Waals surface area contributed by atoms with Crippen LogP contribution in [0.25, 0.3) is 27.3 Å². The minimum Gasteiger partial charge on any atom is -0.507 e. The van der Waals surface area contributed by atoms with Crippen molar-refractivity contribution in [2.24, 2.45) is 0 Å². The SMILES string of the molecule is O=C(/C=C(/O)c1ccc2ccccc2c1)Cc1ccc2ccccc2c1. The number of aliphatic hydroxyl groups is 1. The van der Waals surface area contributed by atoms with Crippen LogP contribution in [0.1, 0.15) is 11.1 Å². The Bertz CT molecular complexity index is 1140. The minimum atomic E-state index is -0.120. The van der Waals surface area contributed by atoms with E-state index in [1.807, 2.05) is 84.9 Å². The van der Waals surface area contributed by atoms with Gasteiger partial charge in [0.1, 0.15) is 5.76 Å². The van der Waals surface area contributed by atoms with Crippen molar-refractivity contribution < 1.29 is 9.90 Å². The summed E-state index contributed by atoms with van der Waals surface area (Å²) in [5.41, 5.74) is 1.59. The lowest BCUT2D eigenvalue weighted by atomic mass is 10.0. The van der Waals surface area contributed by atoms with Gasteiger partial charge in [0.05, 0.1) is 0 Å². The molecule has 26 heavy (non-hydrogen) atoms. The molecule has 2 nitrogen and oxygen atoms in total. The summed E-state index contributed by atoms with van der Waals surface area (Å²) in [7, 11) is 0. The zero-order valence-electron chi connectivity index (χ0n) is 14.2. The van der Waals surface area contributed by atoms with Gasteiger partial charge in [-0.05, 0) is 33.2 Å². The fourth-order valence-electron chi connectivity index (χ4n) is 3.19. The van der Waals surface area contributed by atoms with Crippen LogP contribution in [0.4, 0.5) is 0 Å². The van der Waals surface area contributed by atoms with Gasteiger partial charge in [-0.25, -0.2) is 0 Å². The molecule has 0 bridgehead atoms. The number of hydrogen-bond acceptors (Lipinski definition) is 2. The highest BCUT2D eigenvalue weighted by Gasteiger charge is 2.06. The fraction of sp³-hybridized carbons (Fsp3) is 0.0417. The molecule has 0 saturated heterocycles. The second-order valence-corrected chi connectivity index (χ2v) is 6.42. The third-order valence-electron chi connectivity index (χ3n) is 4.54. The van der Waals surface area contributed by atoms with Gasteiger partial charge in [0.2, 0.25) is 0 Å². The highest BCUT2D eigenvalue weighted by atomic mass is 16.3. The third-order valence-corrected chi connectivity index (χ3v) is 4.54. The number of benzene rings is 4. The van der Waals surface area contributed by atoms with E-state index in [2.05, 4.69) is 0 Å². The number of allylic oxidation sites excluding steroid dienone is 1. The van der Waals surface area contributed by atoms with Crippen LogP contribution in [0.2, 0.25) is 0 Å². The molecular weight excluding hydrogens is 320 g/mol. The van der Waals surface area contributed by atoms with E-state index in [0.29, 0.717) is 5.56 Å². The number of hydrogen-bond donors (Lipinski definition) is 1. The average molecular weight is 338 g/mol. The smallest absolute Gasteiger partial charge is 0.163 e. The first-order chi connectivity index (χ1) is 12.7. The molecule has 126 valence electrons. The number of aliphatic hydroxyl groups excluding tert-OH is 1. The summed E-state index contributed by atoms with van der Waals surface area (Å²) in [5, 5.41) is 14.7. The summed E-state index contributed by atoms with van der Waals surface area (Å²) >= 11 is 0. The van der Waals surface area contributed by atoms with E-state index in [1.165, 1.54) is 6.08 Å². The van der Waals surface area contributed by atoms with Crippen molar-refractivity contribution in [2.75, 3.05) is 0 Å². The maximum absolute atomic E-state index is 12.4. The zero-order valence-corrected chi connectivity index (χ0v) is 14.2. The zero-order chi connectivity index (χ0) is 17.9. The van der Waals surface area contributed by atoms with Crippen LogP contribution in [0.5, 0.6) is 0 Å². The Labute approximate surface area is 152 Å². The number of carbonyl (C=O) groups excluding carboxylic acids is 1. The summed E-state index contributed by atoms with van der Waals surface area (Å²) < 4.78 is 0. The second-order valence-electron chi connectivity index (χ2n) is 6.42. The van der Waals surface area contributed by atoms with Crippen LogP contribution in [0, 0.1) is 0 Å². The van der Waals surface area contributed by atoms with E-state index >= 15 is 0 Å². The highest BCUT2D eigenvalue weighted by molar-refractivity contribution is 5.98. The average Bonchev–Trinajstić information content (AvgIpc) is 2.67. The van der Waals surface area contributed by atoms with Gasteiger partial charge in [-0.3, -0.25) is 4.79 Å². The number of fused-ring (bicyclic) bond motifs is 2. The Kier molecular flexibility index (Phi) is 4.24. The quantitative estimate of drug-likeness (QED) is 0.382. The monoisotopic (exact) mass is 338 g/mol. The molecule has 0 radical (unpaired) electrons. The molecule has 0 amide bonds. The minimum absolute atomic E-state index is 0.00143. The van der Waals surface area contributed by atoms with E-state index in [-0.39, 0.29) is 18.0 Å². The van der Waals surface area contributed by atoms with E-state index in [0.717, 1.165) is 27.1 Å². The van der Waals surface area contributed by atoms with Crippen molar-refractivity contribution in [2.45, 2.75) is 6.42 Å². The molecule has 0 aliphatic rings. The molecule has 0 fully saturated rings. The van der Waals surface area contributed by atoms with Crippen molar-refractivity contribution in [3.05, 3.63) is 102 Å². The van der Waals surface area contributed by atoms with Crippen molar-refractivity contribution >= 4 is 33.1 Å². The van der Waals surface area contributed by atoms with Crippen LogP contribution in [-0.2, 0) is 11.2 Å². The lowest BCUT2D eigenvalue weighted by Gasteiger charge is -2.04. The van der Waals surface area contributed by atoms with Gasteiger partial charge in [0.15, 0.2) is 5.78 Å². The fourth-order valence-corrected chi connectivity index (χ4v) is 3.19. The molecule has 0 spiro atoms. The lowest BCUT2D eigenvalue weighted by Crippen LogP contribution is -2.00. The Hall–Kier alpha value is -3.39. The topological polar surface area (TPSA) is 37.3 Å². The van der Waals surface area contributed by atoms with Gasteiger partial charge in [-0.15, -0.1) is 0 Å². The second kappa shape index (κ2) is 6.85. The van der Waals surface area contributed by atoms with E-state index in [4.69, 9.17) is 0 Å². The molecule has 2 heteroatoms. The van der Waals surface area contributed by atoms with Crippen LogP contribution in [0.15, 0.2) is 91.0 Å². The number of carbonyl (C=O) groups is 1. The van der Waals surface area contributed by atoms with Crippen LogP contribution >= 0.6 is 0 Å². The predicted molar refractivity (Wildman–Crippen MR) is 107 cm³/mol. The largest absolute Gasteiger partial charge is 0.507 e. The van der Waals surface area contributed by atoms with Crippen molar-refractivity contribution in [1.29, 1.82) is 0 Å². The Balaban J connectivity index is 1.56. The van der Waals surface area contributed by atoms with Crippen molar-refractivity contribution in [3.63, 3.8) is 0 Å². The van der Waals surface area contributed by atoms with Crippen molar-refractivity contribution in [1.82, 2.24) is 0 Å². The molecule has 0 heterocycles. The van der Waals surface area contributed by atoms with Gasteiger partial charge in [-0.1, -0.05) is 78.9 Å². The Morgan fingerprint density at radius 2 is 1.31 bits per heavy atom. The normalized spacial score (nSPS) is 11.8. The molecule has 0 unspecified atom stereocenters. The van der Waals surface area contributed by atoms with Gasteiger partial charge < -0.3 is 5.11 Å². The number of ketones is 1. The lowest BCUT2D eigenvalue weighted by molar-refractivity contribution is -0.114. The summed E-state index contributed by atoms with van der Waals surface area (Å²) in [6.07, 6.45) is 1.59. The molecule has 0 aliphatic carbocycles. The molecule has 0 aromatic heterocycles. The molecule has 0 saturated carbocycles. The van der Waals surface area contributed by atoms with Gasteiger partial charge in [0, 0.05) is 18.1 Å². The van der Waals surface area contributed by atoms with E-state index < -0.39 is 0 Å². The summed E-state index contributed by atoms with van der Waals surface area (Å²) in [5.74, 6) is -0.118. The Morgan fingerprint density at radius 3 is 2.00 bits per heavy atom. The Morgan fingerprint density at radius 1 is 0.731 bits per heavy atom. The number of rotatable bonds is 4. The van der Waals surface area contributed by atoms with Gasteiger partial charge in [-0.2, -0.15) is 0 Å². The van der Waals surface area contributed by atoms with E-state index in [1.54, 1.807) is 0 Å². The molecule has 0 atom stereocenters. The maximum atomic E-state index is 12.4. The first-order valence-electron chi connectivity index (χ1n) is 8.59. The molecule has 4 aromatic carbocycles. The van der Waals surface area contributed by atoms with Crippen molar-refractivity contribution in [3.8, 4) is 0 Å². The predicted octanol–water partition coefficient (Wildman–Crippen LogP) is 5.70. The van der Waals surface area contributed by atoms with E-state index in [9.17, 15) is 9.90 Å². The molecule has 4 aromatic rings. The molecule has 0 aliphatic heterocycles. The van der Waals surface area contributed by atoms with Gasteiger partial charge in [0.25, 0.3) is 0 Å². The molecule has 4 rings (SSSR count). The summed E-state index contributed by atoms with van der Waals surface area (Å²) in [6.45, 7) is 0. The molecular formula is C24H18O2. The van der Waals surface area contributed by atoms with Crippen LogP contribution in [-0.4, -0.2) is 10.9 Å². The standard InChI is InChI=1S/C24H18O2/c25-23(14-17-9-10-18-5-1-3-7-20(18)13-17)16-24(26)22-12-11-19-6-2-4-8-21(19)15-22/h1-13,15-16,26H,14H2/b24-16+. The first kappa shape index (κ1) is 16.1. The maximum Gasteiger partial charge on any atom is 0.163 e.